The minimum Gasteiger partial charge on any atom is -0.460 e. The van der Waals surface area contributed by atoms with Crippen LogP contribution in [0.4, 0.5) is 0 Å². The monoisotopic (exact) mass is 405 g/mol. The fraction of sp³-hybridized carbons (Fsp3) is 0.375. The van der Waals surface area contributed by atoms with Gasteiger partial charge in [-0.05, 0) is 57.9 Å². The Morgan fingerprint density at radius 2 is 1.83 bits per heavy atom. The number of fused-ring (bicyclic) bond motifs is 1. The van der Waals surface area contributed by atoms with Crippen molar-refractivity contribution in [2.45, 2.75) is 39.2 Å². The van der Waals surface area contributed by atoms with Crippen molar-refractivity contribution in [2.75, 3.05) is 13.1 Å². The van der Waals surface area contributed by atoms with Gasteiger partial charge in [0.05, 0.1) is 11.6 Å². The van der Waals surface area contributed by atoms with E-state index in [0.29, 0.717) is 31.5 Å². The highest BCUT2D eigenvalue weighted by Gasteiger charge is 2.31. The molecule has 0 aliphatic carbocycles. The van der Waals surface area contributed by atoms with Crippen LogP contribution in [0.15, 0.2) is 54.9 Å². The molecule has 1 saturated heterocycles. The van der Waals surface area contributed by atoms with Gasteiger partial charge in [-0.1, -0.05) is 18.2 Å². The minimum atomic E-state index is -0.484. The Kier molecular flexibility index (Phi) is 5.33. The summed E-state index contributed by atoms with van der Waals surface area (Å²) in [5.41, 5.74) is 2.77. The van der Waals surface area contributed by atoms with Gasteiger partial charge >= 0.3 is 5.97 Å². The molecule has 1 aliphatic rings. The van der Waals surface area contributed by atoms with E-state index >= 15 is 0 Å². The van der Waals surface area contributed by atoms with Crippen LogP contribution in [0.25, 0.3) is 16.9 Å². The Morgan fingerprint density at radius 1 is 1.07 bits per heavy atom. The number of carbonyl (C=O) groups excluding carboxylic acids is 2. The van der Waals surface area contributed by atoms with Crippen molar-refractivity contribution >= 4 is 17.5 Å². The minimum absolute atomic E-state index is 0.0109. The number of piperidine rings is 1. The third kappa shape index (κ3) is 4.37. The van der Waals surface area contributed by atoms with Crippen LogP contribution in [0, 0.1) is 5.92 Å². The molecule has 3 aromatic rings. The van der Waals surface area contributed by atoms with Crippen molar-refractivity contribution in [3.8, 4) is 11.3 Å². The van der Waals surface area contributed by atoms with E-state index in [4.69, 9.17) is 4.74 Å². The number of nitrogens with zero attached hydrogens (tertiary/aromatic N) is 3. The van der Waals surface area contributed by atoms with Gasteiger partial charge in [-0.15, -0.1) is 0 Å². The normalized spacial score (nSPS) is 15.4. The highest BCUT2D eigenvalue weighted by molar-refractivity contribution is 5.95. The van der Waals surface area contributed by atoms with Crippen LogP contribution in [0.5, 0.6) is 0 Å². The zero-order valence-corrected chi connectivity index (χ0v) is 17.7. The summed E-state index contributed by atoms with van der Waals surface area (Å²) in [6, 6.07) is 13.4. The average Bonchev–Trinajstić information content (AvgIpc) is 3.16. The molecule has 0 radical (unpaired) electrons. The number of hydrogen-bond donors (Lipinski definition) is 0. The molecule has 2 aromatic heterocycles. The number of amides is 1. The summed E-state index contributed by atoms with van der Waals surface area (Å²) in [6.07, 6.45) is 5.18. The maximum atomic E-state index is 13.0. The molecule has 1 aliphatic heterocycles. The van der Waals surface area contributed by atoms with Crippen molar-refractivity contribution in [1.82, 2.24) is 14.3 Å². The Bertz CT molecular complexity index is 1040. The molecule has 1 fully saturated rings. The van der Waals surface area contributed by atoms with Gasteiger partial charge in [0.25, 0.3) is 5.91 Å². The van der Waals surface area contributed by atoms with Crippen LogP contribution in [0.2, 0.25) is 0 Å². The summed E-state index contributed by atoms with van der Waals surface area (Å²) in [7, 11) is 0. The molecule has 30 heavy (non-hydrogen) atoms. The average molecular weight is 405 g/mol. The van der Waals surface area contributed by atoms with Gasteiger partial charge in [0.2, 0.25) is 0 Å². The first-order valence-electron chi connectivity index (χ1n) is 10.4. The van der Waals surface area contributed by atoms with Gasteiger partial charge < -0.3 is 14.0 Å². The number of esters is 1. The molecule has 0 unspecified atom stereocenters. The predicted molar refractivity (Wildman–Crippen MR) is 115 cm³/mol. The van der Waals surface area contributed by atoms with Crippen LogP contribution in [0.1, 0.15) is 44.0 Å². The quantitative estimate of drug-likeness (QED) is 0.613. The highest BCUT2D eigenvalue weighted by atomic mass is 16.6. The number of carbonyl (C=O) groups is 2. The predicted octanol–water partition coefficient (Wildman–Crippen LogP) is 4.20. The molecule has 156 valence electrons. The molecule has 1 amide bonds. The Morgan fingerprint density at radius 3 is 2.53 bits per heavy atom. The number of likely N-dealkylation sites (tertiary alicyclic amines) is 1. The van der Waals surface area contributed by atoms with Crippen LogP contribution in [-0.2, 0) is 9.53 Å². The van der Waals surface area contributed by atoms with E-state index in [9.17, 15) is 9.59 Å². The van der Waals surface area contributed by atoms with E-state index in [2.05, 4.69) is 4.98 Å². The number of imidazole rings is 1. The second-order valence-electron chi connectivity index (χ2n) is 8.77. The summed E-state index contributed by atoms with van der Waals surface area (Å²) in [5.74, 6) is -0.315. The van der Waals surface area contributed by atoms with Crippen LogP contribution in [0.3, 0.4) is 0 Å². The Balaban J connectivity index is 1.44. The first-order valence-corrected chi connectivity index (χ1v) is 10.4. The lowest BCUT2D eigenvalue weighted by molar-refractivity contribution is -0.161. The molecule has 4 rings (SSSR count). The van der Waals surface area contributed by atoms with Gasteiger partial charge in [-0.3, -0.25) is 9.59 Å². The summed E-state index contributed by atoms with van der Waals surface area (Å²) >= 11 is 0. The Labute approximate surface area is 176 Å². The molecule has 0 saturated carbocycles. The number of pyridine rings is 1. The first kappa shape index (κ1) is 20.1. The van der Waals surface area contributed by atoms with Crippen molar-refractivity contribution in [1.29, 1.82) is 0 Å². The summed E-state index contributed by atoms with van der Waals surface area (Å²) in [5, 5.41) is 0. The van der Waals surface area contributed by atoms with Crippen molar-refractivity contribution in [2.24, 2.45) is 5.92 Å². The first-order chi connectivity index (χ1) is 14.3. The van der Waals surface area contributed by atoms with Gasteiger partial charge in [-0.2, -0.15) is 0 Å². The third-order valence-electron chi connectivity index (χ3n) is 5.29. The number of rotatable bonds is 3. The molecular formula is C24H27N3O3. The van der Waals surface area contributed by atoms with Gasteiger partial charge in [0.1, 0.15) is 11.2 Å². The van der Waals surface area contributed by atoms with E-state index < -0.39 is 5.60 Å². The maximum Gasteiger partial charge on any atom is 0.309 e. The smallest absolute Gasteiger partial charge is 0.309 e. The van der Waals surface area contributed by atoms with E-state index in [1.807, 2.05) is 84.9 Å². The van der Waals surface area contributed by atoms with Crippen molar-refractivity contribution in [3.05, 3.63) is 60.4 Å². The molecule has 3 heterocycles. The fourth-order valence-corrected chi connectivity index (χ4v) is 3.77. The highest BCUT2D eigenvalue weighted by Crippen LogP contribution is 2.25. The van der Waals surface area contributed by atoms with E-state index in [-0.39, 0.29) is 17.8 Å². The van der Waals surface area contributed by atoms with Crippen LogP contribution in [-0.4, -0.2) is 44.9 Å². The lowest BCUT2D eigenvalue weighted by Gasteiger charge is -2.32. The molecule has 0 bridgehead atoms. The number of hydrogen-bond acceptors (Lipinski definition) is 4. The van der Waals surface area contributed by atoms with Crippen LogP contribution >= 0.6 is 0 Å². The summed E-state index contributed by atoms with van der Waals surface area (Å²) in [6.45, 7) is 6.74. The maximum absolute atomic E-state index is 13.0. The van der Waals surface area contributed by atoms with E-state index in [1.54, 1.807) is 0 Å². The van der Waals surface area contributed by atoms with E-state index in [1.165, 1.54) is 0 Å². The lowest BCUT2D eigenvalue weighted by atomic mass is 9.96. The number of ether oxygens (including phenoxy) is 1. The topological polar surface area (TPSA) is 63.9 Å². The van der Waals surface area contributed by atoms with Gasteiger partial charge in [0.15, 0.2) is 0 Å². The molecule has 1 aromatic carbocycles. The molecule has 0 atom stereocenters. The van der Waals surface area contributed by atoms with Crippen LogP contribution < -0.4 is 0 Å². The lowest BCUT2D eigenvalue weighted by Crippen LogP contribution is -2.41. The standard InChI is InChI=1S/C24H27N3O3/c1-24(2,3)30-23(29)17-10-13-26(14-11-17)22(28)19-8-6-7-18(15-19)20-16-27-12-5-4-9-21(27)25-20/h4-9,12,15-17H,10-11,13-14H2,1-3H3. The Hall–Kier alpha value is -3.15. The van der Waals surface area contributed by atoms with Gasteiger partial charge in [0, 0.05) is 36.6 Å². The zero-order valence-electron chi connectivity index (χ0n) is 17.7. The second-order valence-corrected chi connectivity index (χ2v) is 8.77. The number of aromatic nitrogens is 2. The second kappa shape index (κ2) is 7.94. The summed E-state index contributed by atoms with van der Waals surface area (Å²) in [4.78, 5) is 31.8. The van der Waals surface area contributed by atoms with E-state index in [0.717, 1.165) is 16.9 Å². The zero-order chi connectivity index (χ0) is 21.3. The SMILES string of the molecule is CC(C)(C)OC(=O)C1CCN(C(=O)c2cccc(-c3cn4ccccc4n3)c2)CC1. The fourth-order valence-electron chi connectivity index (χ4n) is 3.77. The molecule has 0 spiro atoms. The molecule has 0 N–H and O–H groups in total. The van der Waals surface area contributed by atoms with Crippen molar-refractivity contribution < 1.29 is 14.3 Å². The number of benzene rings is 1. The molecule has 6 nitrogen and oxygen atoms in total. The molecule has 6 heteroatoms. The van der Waals surface area contributed by atoms with Gasteiger partial charge in [-0.25, -0.2) is 4.98 Å². The largest absolute Gasteiger partial charge is 0.460 e. The summed E-state index contributed by atoms with van der Waals surface area (Å²) < 4.78 is 7.46. The van der Waals surface area contributed by atoms with Crippen molar-refractivity contribution in [3.63, 3.8) is 0 Å². The molecular weight excluding hydrogens is 378 g/mol. The third-order valence-corrected chi connectivity index (χ3v) is 5.29.